The van der Waals surface area contributed by atoms with Crippen molar-refractivity contribution < 1.29 is 18.4 Å². The van der Waals surface area contributed by atoms with Crippen LogP contribution in [0.4, 0.5) is 5.69 Å². The van der Waals surface area contributed by atoms with Gasteiger partial charge in [-0.1, -0.05) is 12.1 Å². The van der Waals surface area contributed by atoms with Crippen molar-refractivity contribution in [1.29, 1.82) is 0 Å². The van der Waals surface area contributed by atoms with Crippen LogP contribution in [-0.4, -0.2) is 24.3 Å². The quantitative estimate of drug-likeness (QED) is 0.559. The summed E-state index contributed by atoms with van der Waals surface area (Å²) in [5.41, 5.74) is 1.49. The third kappa shape index (κ3) is 6.93. The summed E-state index contributed by atoms with van der Waals surface area (Å²) < 4.78 is 23.3. The van der Waals surface area contributed by atoms with E-state index in [1.54, 1.807) is 45.9 Å². The molecule has 1 N–H and O–H groups in total. The fourth-order valence-corrected chi connectivity index (χ4v) is 3.93. The van der Waals surface area contributed by atoms with Gasteiger partial charge < -0.3 is 14.4 Å². The molecule has 0 saturated carbocycles. The fraction of sp³-hybridized carbons (Fsp3) is 0.533. The first-order valence-corrected chi connectivity index (χ1v) is 9.41. The summed E-state index contributed by atoms with van der Waals surface area (Å²) in [6, 6.07) is 7.16. The predicted octanol–water partition coefficient (Wildman–Crippen LogP) is 4.41. The maximum atomic E-state index is 12.6. The van der Waals surface area contributed by atoms with Crippen molar-refractivity contribution >= 4 is 30.8 Å². The Morgan fingerprint density at radius 2 is 1.82 bits per heavy atom. The number of carbonyl (C=O) groups is 1. The molecule has 0 aliphatic carbocycles. The Morgan fingerprint density at radius 3 is 2.32 bits per heavy atom. The molecule has 124 valence electrons. The van der Waals surface area contributed by atoms with Crippen molar-refractivity contribution in [3.8, 4) is 0 Å². The standard InChI is InChI=1S/C15H23ClNO4P/c1-11(2)20-22(19,21-12(3)4)10-15(18)17-14-7-5-6-13(8-14)9-16/h5-8,11-12H,9-10H2,1-4H3,(H,17,18). The Morgan fingerprint density at radius 1 is 1.23 bits per heavy atom. The Labute approximate surface area is 136 Å². The van der Waals surface area contributed by atoms with Crippen molar-refractivity contribution in [2.45, 2.75) is 45.8 Å². The maximum Gasteiger partial charge on any atom is 0.340 e. The topological polar surface area (TPSA) is 64.6 Å². The van der Waals surface area contributed by atoms with E-state index >= 15 is 0 Å². The van der Waals surface area contributed by atoms with E-state index in [2.05, 4.69) is 5.32 Å². The number of hydrogen-bond donors (Lipinski definition) is 1. The molecule has 0 atom stereocenters. The molecule has 0 aromatic heterocycles. The highest BCUT2D eigenvalue weighted by Gasteiger charge is 2.31. The minimum atomic E-state index is -3.48. The Balaban J connectivity index is 2.76. The van der Waals surface area contributed by atoms with Gasteiger partial charge in [0.2, 0.25) is 5.91 Å². The molecule has 0 heterocycles. The van der Waals surface area contributed by atoms with Crippen molar-refractivity contribution in [3.05, 3.63) is 29.8 Å². The zero-order valence-corrected chi connectivity index (χ0v) is 15.0. The third-order valence-corrected chi connectivity index (χ3v) is 4.91. The molecular formula is C15H23ClNO4P. The predicted molar refractivity (Wildman–Crippen MR) is 89.5 cm³/mol. The first-order valence-electron chi connectivity index (χ1n) is 7.14. The monoisotopic (exact) mass is 347 g/mol. The van der Waals surface area contributed by atoms with Gasteiger partial charge in [0.15, 0.2) is 0 Å². The van der Waals surface area contributed by atoms with Crippen molar-refractivity contribution in [3.63, 3.8) is 0 Å². The van der Waals surface area contributed by atoms with Crippen LogP contribution in [0.3, 0.4) is 0 Å². The molecule has 1 rings (SSSR count). The molecule has 5 nitrogen and oxygen atoms in total. The van der Waals surface area contributed by atoms with Crippen LogP contribution < -0.4 is 5.32 Å². The van der Waals surface area contributed by atoms with Crippen LogP contribution >= 0.6 is 19.2 Å². The highest BCUT2D eigenvalue weighted by atomic mass is 35.5. The zero-order valence-electron chi connectivity index (χ0n) is 13.3. The van der Waals surface area contributed by atoms with Crippen LogP contribution in [-0.2, 0) is 24.3 Å². The number of hydrogen-bond acceptors (Lipinski definition) is 4. The van der Waals surface area contributed by atoms with Crippen LogP contribution in [0.5, 0.6) is 0 Å². The van der Waals surface area contributed by atoms with Crippen molar-refractivity contribution in [1.82, 2.24) is 0 Å². The van der Waals surface area contributed by atoms with Crippen LogP contribution in [0.15, 0.2) is 24.3 Å². The molecule has 22 heavy (non-hydrogen) atoms. The molecule has 0 aliphatic heterocycles. The summed E-state index contributed by atoms with van der Waals surface area (Å²) in [6.45, 7) is 6.99. The Hall–Kier alpha value is -0.870. The molecule has 0 spiro atoms. The van der Waals surface area contributed by atoms with E-state index in [9.17, 15) is 9.36 Å². The van der Waals surface area contributed by atoms with Crippen LogP contribution in [0.2, 0.25) is 0 Å². The van der Waals surface area contributed by atoms with Crippen molar-refractivity contribution in [2.24, 2.45) is 0 Å². The summed E-state index contributed by atoms with van der Waals surface area (Å²) in [4.78, 5) is 12.1. The molecule has 0 radical (unpaired) electrons. The molecule has 0 unspecified atom stereocenters. The molecule has 7 heteroatoms. The summed E-state index contributed by atoms with van der Waals surface area (Å²) in [5.74, 6) is -0.0638. The highest BCUT2D eigenvalue weighted by molar-refractivity contribution is 7.55. The number of halogens is 1. The lowest BCUT2D eigenvalue weighted by molar-refractivity contribution is -0.114. The maximum absolute atomic E-state index is 12.6. The first kappa shape index (κ1) is 19.2. The number of nitrogens with one attached hydrogen (secondary N) is 1. The van der Waals surface area contributed by atoms with Gasteiger partial charge in [-0.05, 0) is 45.4 Å². The van der Waals surface area contributed by atoms with E-state index < -0.39 is 13.5 Å². The van der Waals surface area contributed by atoms with Crippen LogP contribution in [0.1, 0.15) is 33.3 Å². The molecular weight excluding hydrogens is 325 g/mol. The largest absolute Gasteiger partial charge is 0.340 e. The van der Waals surface area contributed by atoms with E-state index in [1.807, 2.05) is 6.07 Å². The van der Waals surface area contributed by atoms with Gasteiger partial charge in [0.1, 0.15) is 6.16 Å². The van der Waals surface area contributed by atoms with Gasteiger partial charge in [0.25, 0.3) is 0 Å². The lowest BCUT2D eigenvalue weighted by Gasteiger charge is -2.22. The van der Waals surface area contributed by atoms with Crippen LogP contribution in [0, 0.1) is 0 Å². The third-order valence-electron chi connectivity index (χ3n) is 2.45. The van der Waals surface area contributed by atoms with E-state index in [0.717, 1.165) is 5.56 Å². The summed E-state index contributed by atoms with van der Waals surface area (Å²) in [6.07, 6.45) is -0.914. The van der Waals surface area contributed by atoms with Gasteiger partial charge >= 0.3 is 7.60 Å². The number of rotatable bonds is 8. The second kappa shape index (κ2) is 8.68. The Kier molecular flexibility index (Phi) is 7.57. The summed E-state index contributed by atoms with van der Waals surface area (Å²) in [5, 5.41) is 2.69. The smallest absolute Gasteiger partial charge is 0.326 e. The number of alkyl halides is 1. The number of benzene rings is 1. The molecule has 0 saturated heterocycles. The van der Waals surface area contributed by atoms with Gasteiger partial charge in [0, 0.05) is 11.6 Å². The average Bonchev–Trinajstić information content (AvgIpc) is 2.35. The van der Waals surface area contributed by atoms with E-state index in [4.69, 9.17) is 20.6 Å². The summed E-state index contributed by atoms with van der Waals surface area (Å²) >= 11 is 5.76. The van der Waals surface area contributed by atoms with Gasteiger partial charge in [-0.3, -0.25) is 9.36 Å². The van der Waals surface area contributed by atoms with Crippen molar-refractivity contribution in [2.75, 3.05) is 11.5 Å². The second-order valence-corrected chi connectivity index (χ2v) is 7.69. The molecule has 0 aliphatic rings. The lowest BCUT2D eigenvalue weighted by atomic mass is 10.2. The molecule has 1 aromatic carbocycles. The van der Waals surface area contributed by atoms with E-state index in [1.165, 1.54) is 0 Å². The SMILES string of the molecule is CC(C)OP(=O)(CC(=O)Nc1cccc(CCl)c1)OC(C)C. The number of carbonyl (C=O) groups excluding carboxylic acids is 1. The first-order chi connectivity index (χ1) is 10.2. The zero-order chi connectivity index (χ0) is 16.8. The Bertz CT molecular complexity index is 534. The second-order valence-electron chi connectivity index (χ2n) is 5.46. The normalized spacial score (nSPS) is 12.0. The molecule has 1 amide bonds. The minimum Gasteiger partial charge on any atom is -0.326 e. The van der Waals surface area contributed by atoms with Crippen LogP contribution in [0.25, 0.3) is 0 Å². The van der Waals surface area contributed by atoms with Gasteiger partial charge in [-0.2, -0.15) is 0 Å². The minimum absolute atomic E-state index is 0.294. The molecule has 1 aromatic rings. The highest BCUT2D eigenvalue weighted by Crippen LogP contribution is 2.50. The fourth-order valence-electron chi connectivity index (χ4n) is 1.85. The van der Waals surface area contributed by atoms with E-state index in [-0.39, 0.29) is 18.4 Å². The van der Waals surface area contributed by atoms with Gasteiger partial charge in [-0.25, -0.2) is 0 Å². The summed E-state index contributed by atoms with van der Waals surface area (Å²) in [7, 11) is -3.48. The lowest BCUT2D eigenvalue weighted by Crippen LogP contribution is -2.20. The van der Waals surface area contributed by atoms with E-state index in [0.29, 0.717) is 11.6 Å². The van der Waals surface area contributed by atoms with Gasteiger partial charge in [-0.15, -0.1) is 11.6 Å². The number of anilines is 1. The average molecular weight is 348 g/mol. The molecule has 0 bridgehead atoms. The van der Waals surface area contributed by atoms with Gasteiger partial charge in [0.05, 0.1) is 12.2 Å². The molecule has 0 fully saturated rings. The number of amides is 1.